The molecule has 0 saturated carbocycles. The first kappa shape index (κ1) is 18.2. The van der Waals surface area contributed by atoms with Gasteiger partial charge in [0.25, 0.3) is 0 Å². The Bertz CT molecular complexity index is 1060. The zero-order valence-electron chi connectivity index (χ0n) is 17.0. The molecule has 140 valence electrons. The van der Waals surface area contributed by atoms with Crippen LogP contribution in [-0.4, -0.2) is 9.78 Å². The molecule has 0 atom stereocenters. The van der Waals surface area contributed by atoms with Crippen molar-refractivity contribution in [3.63, 3.8) is 0 Å². The van der Waals surface area contributed by atoms with Crippen molar-refractivity contribution >= 4 is 0 Å². The number of benzene rings is 3. The lowest BCUT2D eigenvalue weighted by Crippen LogP contribution is -2.10. The average Bonchev–Trinajstić information content (AvgIpc) is 3.14. The highest BCUT2D eigenvalue weighted by atomic mass is 15.3. The molecule has 0 aliphatic rings. The van der Waals surface area contributed by atoms with Crippen LogP contribution in [0.25, 0.3) is 28.2 Å². The molecule has 0 amide bonds. The number of aryl methyl sites for hydroxylation is 1. The predicted octanol–water partition coefficient (Wildman–Crippen LogP) is 6.81. The molecule has 0 radical (unpaired) electrons. The standard InChI is InChI=1S/C26H26N2/c1-19-10-12-21(13-11-19)25-18-24(27-28(25)23-8-6-5-7-9-23)20-14-16-22(17-15-20)26(2,3)4/h5-18H,1-4H3. The number of aromatic nitrogens is 2. The van der Waals surface area contributed by atoms with E-state index in [0.717, 1.165) is 22.6 Å². The van der Waals surface area contributed by atoms with E-state index in [4.69, 9.17) is 5.10 Å². The van der Waals surface area contributed by atoms with Gasteiger partial charge in [0.15, 0.2) is 0 Å². The minimum Gasteiger partial charge on any atom is -0.232 e. The van der Waals surface area contributed by atoms with Gasteiger partial charge >= 0.3 is 0 Å². The second-order valence-electron chi connectivity index (χ2n) is 8.36. The third-order valence-electron chi connectivity index (χ3n) is 5.10. The van der Waals surface area contributed by atoms with Gasteiger partial charge in [0.05, 0.1) is 17.1 Å². The van der Waals surface area contributed by atoms with Gasteiger partial charge in [-0.2, -0.15) is 5.10 Å². The Balaban J connectivity index is 1.82. The van der Waals surface area contributed by atoms with Gasteiger partial charge in [-0.15, -0.1) is 0 Å². The van der Waals surface area contributed by atoms with E-state index in [1.54, 1.807) is 0 Å². The van der Waals surface area contributed by atoms with E-state index in [9.17, 15) is 0 Å². The maximum atomic E-state index is 4.96. The summed E-state index contributed by atoms with van der Waals surface area (Å²) in [6, 6.07) is 29.9. The molecule has 0 saturated heterocycles. The van der Waals surface area contributed by atoms with Gasteiger partial charge in [-0.3, -0.25) is 0 Å². The van der Waals surface area contributed by atoms with Gasteiger partial charge in [0, 0.05) is 11.1 Å². The Labute approximate surface area is 167 Å². The number of para-hydroxylation sites is 1. The molecule has 0 unspecified atom stereocenters. The molecule has 1 aromatic heterocycles. The largest absolute Gasteiger partial charge is 0.232 e. The topological polar surface area (TPSA) is 17.8 Å². The zero-order chi connectivity index (χ0) is 19.7. The molecule has 4 aromatic rings. The Morgan fingerprint density at radius 1 is 0.714 bits per heavy atom. The molecule has 2 nitrogen and oxygen atoms in total. The Hall–Kier alpha value is -3.13. The summed E-state index contributed by atoms with van der Waals surface area (Å²) in [5.74, 6) is 0. The van der Waals surface area contributed by atoms with Crippen molar-refractivity contribution in [3.8, 4) is 28.2 Å². The van der Waals surface area contributed by atoms with E-state index in [1.165, 1.54) is 16.7 Å². The van der Waals surface area contributed by atoms with E-state index in [2.05, 4.69) is 94.4 Å². The zero-order valence-corrected chi connectivity index (χ0v) is 17.0. The number of hydrogen-bond donors (Lipinski definition) is 0. The van der Waals surface area contributed by atoms with Gasteiger partial charge in [-0.05, 0) is 36.1 Å². The van der Waals surface area contributed by atoms with Crippen LogP contribution < -0.4 is 0 Å². The third-order valence-corrected chi connectivity index (χ3v) is 5.10. The van der Waals surface area contributed by atoms with Crippen molar-refractivity contribution in [2.24, 2.45) is 0 Å². The lowest BCUT2D eigenvalue weighted by atomic mass is 9.86. The van der Waals surface area contributed by atoms with Crippen LogP contribution in [0, 0.1) is 6.92 Å². The summed E-state index contributed by atoms with van der Waals surface area (Å²) in [4.78, 5) is 0. The molecular formula is C26H26N2. The first-order valence-electron chi connectivity index (χ1n) is 9.75. The van der Waals surface area contributed by atoms with Crippen LogP contribution >= 0.6 is 0 Å². The normalized spacial score (nSPS) is 11.6. The second-order valence-corrected chi connectivity index (χ2v) is 8.36. The summed E-state index contributed by atoms with van der Waals surface area (Å²) in [7, 11) is 0. The van der Waals surface area contributed by atoms with Gasteiger partial charge in [0.1, 0.15) is 0 Å². The summed E-state index contributed by atoms with van der Waals surface area (Å²) in [6.07, 6.45) is 0. The van der Waals surface area contributed by atoms with Crippen LogP contribution in [0.3, 0.4) is 0 Å². The molecule has 4 rings (SSSR count). The Morgan fingerprint density at radius 3 is 1.93 bits per heavy atom. The van der Waals surface area contributed by atoms with Crippen molar-refractivity contribution < 1.29 is 0 Å². The molecule has 0 fully saturated rings. The fourth-order valence-electron chi connectivity index (χ4n) is 3.36. The van der Waals surface area contributed by atoms with Crippen molar-refractivity contribution in [2.75, 3.05) is 0 Å². The van der Waals surface area contributed by atoms with Gasteiger partial charge < -0.3 is 0 Å². The quantitative estimate of drug-likeness (QED) is 0.389. The minimum absolute atomic E-state index is 0.148. The van der Waals surface area contributed by atoms with Crippen molar-refractivity contribution in [1.82, 2.24) is 9.78 Å². The summed E-state index contributed by atoms with van der Waals surface area (Å²) in [5.41, 5.74) is 8.19. The van der Waals surface area contributed by atoms with Crippen LogP contribution in [0.4, 0.5) is 0 Å². The highest BCUT2D eigenvalue weighted by Gasteiger charge is 2.16. The molecule has 3 aromatic carbocycles. The summed E-state index contributed by atoms with van der Waals surface area (Å²) in [5, 5.41) is 4.96. The Kier molecular flexibility index (Phi) is 4.64. The molecular weight excluding hydrogens is 340 g/mol. The van der Waals surface area contributed by atoms with E-state index in [1.807, 2.05) is 22.9 Å². The lowest BCUT2D eigenvalue weighted by Gasteiger charge is -2.18. The van der Waals surface area contributed by atoms with Crippen LogP contribution in [0.15, 0.2) is 84.9 Å². The Morgan fingerprint density at radius 2 is 1.32 bits per heavy atom. The van der Waals surface area contributed by atoms with E-state index >= 15 is 0 Å². The maximum absolute atomic E-state index is 4.96. The molecule has 0 spiro atoms. The number of hydrogen-bond acceptors (Lipinski definition) is 1. The minimum atomic E-state index is 0.148. The molecule has 0 N–H and O–H groups in total. The summed E-state index contributed by atoms with van der Waals surface area (Å²) in [6.45, 7) is 8.82. The van der Waals surface area contributed by atoms with Gasteiger partial charge in [-0.1, -0.05) is 93.1 Å². The van der Waals surface area contributed by atoms with E-state index in [0.29, 0.717) is 0 Å². The molecule has 0 aliphatic heterocycles. The fourth-order valence-corrected chi connectivity index (χ4v) is 3.36. The highest BCUT2D eigenvalue weighted by molar-refractivity contribution is 5.71. The predicted molar refractivity (Wildman–Crippen MR) is 118 cm³/mol. The van der Waals surface area contributed by atoms with Gasteiger partial charge in [-0.25, -0.2) is 4.68 Å². The number of nitrogens with zero attached hydrogens (tertiary/aromatic N) is 2. The van der Waals surface area contributed by atoms with E-state index < -0.39 is 0 Å². The first-order valence-corrected chi connectivity index (χ1v) is 9.75. The monoisotopic (exact) mass is 366 g/mol. The maximum Gasteiger partial charge on any atom is 0.0934 e. The van der Waals surface area contributed by atoms with E-state index in [-0.39, 0.29) is 5.41 Å². The lowest BCUT2D eigenvalue weighted by molar-refractivity contribution is 0.590. The second kappa shape index (κ2) is 7.12. The SMILES string of the molecule is Cc1ccc(-c2cc(-c3ccc(C(C)(C)C)cc3)nn2-c2ccccc2)cc1. The van der Waals surface area contributed by atoms with Crippen molar-refractivity contribution in [1.29, 1.82) is 0 Å². The summed E-state index contributed by atoms with van der Waals surface area (Å²) < 4.78 is 2.04. The van der Waals surface area contributed by atoms with Crippen LogP contribution in [0.1, 0.15) is 31.9 Å². The van der Waals surface area contributed by atoms with Gasteiger partial charge in [0.2, 0.25) is 0 Å². The van der Waals surface area contributed by atoms with Crippen molar-refractivity contribution in [2.45, 2.75) is 33.1 Å². The number of rotatable bonds is 3. The molecule has 0 aliphatic carbocycles. The average molecular weight is 367 g/mol. The third kappa shape index (κ3) is 3.63. The van der Waals surface area contributed by atoms with Crippen LogP contribution in [-0.2, 0) is 5.41 Å². The highest BCUT2D eigenvalue weighted by Crippen LogP contribution is 2.30. The molecule has 28 heavy (non-hydrogen) atoms. The van der Waals surface area contributed by atoms with Crippen LogP contribution in [0.5, 0.6) is 0 Å². The molecule has 1 heterocycles. The molecule has 2 heteroatoms. The van der Waals surface area contributed by atoms with Crippen LogP contribution in [0.2, 0.25) is 0 Å². The summed E-state index contributed by atoms with van der Waals surface area (Å²) >= 11 is 0. The van der Waals surface area contributed by atoms with Crippen molar-refractivity contribution in [3.05, 3.63) is 96.1 Å². The fraction of sp³-hybridized carbons (Fsp3) is 0.192. The molecule has 0 bridgehead atoms. The first-order chi connectivity index (χ1) is 13.4. The smallest absolute Gasteiger partial charge is 0.0934 e.